The second kappa shape index (κ2) is 41.7. The molecule has 0 rings (SSSR count). The smallest absolute Gasteiger partial charge is 0.305 e. The predicted molar refractivity (Wildman–Crippen MR) is 212 cm³/mol. The number of ether oxygens (including phenoxy) is 3. The summed E-state index contributed by atoms with van der Waals surface area (Å²) in [6.45, 7) is 13.0. The molecule has 0 amide bonds. The summed E-state index contributed by atoms with van der Waals surface area (Å²) < 4.78 is 17.5. The summed E-state index contributed by atoms with van der Waals surface area (Å²) >= 11 is 0. The summed E-state index contributed by atoms with van der Waals surface area (Å²) in [5.74, 6) is -0.00236. The number of rotatable bonds is 42. The Balaban J connectivity index is 3.78. The van der Waals surface area contributed by atoms with Gasteiger partial charge in [-0.25, -0.2) is 0 Å². The highest BCUT2D eigenvalue weighted by Crippen LogP contribution is 2.16. The first-order chi connectivity index (χ1) is 24.2. The second-order valence-corrected chi connectivity index (χ2v) is 14.8. The molecule has 0 aliphatic rings. The Kier molecular flexibility index (Phi) is 41.1. The minimum absolute atomic E-state index is 0.00236. The van der Waals surface area contributed by atoms with Crippen molar-refractivity contribution in [3.05, 3.63) is 0 Å². The van der Waals surface area contributed by atoms with Crippen LogP contribution < -0.4 is 5.73 Å². The van der Waals surface area contributed by atoms with E-state index in [0.717, 1.165) is 51.8 Å². The number of carbonyl (C=O) groups excluding carboxylic acids is 1. The van der Waals surface area contributed by atoms with Crippen LogP contribution in [0.1, 0.15) is 220 Å². The van der Waals surface area contributed by atoms with Gasteiger partial charge in [0.15, 0.2) is 0 Å². The summed E-state index contributed by atoms with van der Waals surface area (Å²) in [7, 11) is 0. The van der Waals surface area contributed by atoms with Crippen LogP contribution in [-0.2, 0) is 19.0 Å². The van der Waals surface area contributed by atoms with Gasteiger partial charge in [-0.2, -0.15) is 0 Å². The quantitative estimate of drug-likeness (QED) is 0.0389. The molecule has 0 aromatic carbocycles. The number of nitrogens with zero attached hydrogens (tertiary/aromatic N) is 1. The Morgan fingerprint density at radius 3 is 1.49 bits per heavy atom. The lowest BCUT2D eigenvalue weighted by Crippen LogP contribution is -2.28. The number of unbranched alkanes of at least 4 members (excludes halogenated alkanes) is 22. The summed E-state index contributed by atoms with van der Waals surface area (Å²) in [6, 6.07) is 0. The Hall–Kier alpha value is -0.690. The highest BCUT2D eigenvalue weighted by atomic mass is 16.7. The molecule has 0 bridgehead atoms. The van der Waals surface area contributed by atoms with Gasteiger partial charge in [-0.15, -0.1) is 0 Å². The van der Waals surface area contributed by atoms with Crippen LogP contribution in [0.15, 0.2) is 0 Å². The third kappa shape index (κ3) is 38.4. The zero-order valence-electron chi connectivity index (χ0n) is 33.6. The normalized spacial score (nSPS) is 12.3. The number of carbonyl (C=O) groups is 1. The summed E-state index contributed by atoms with van der Waals surface area (Å²) in [4.78, 5) is 14.6. The molecular formula is C43H88N2O4. The first-order valence-electron chi connectivity index (χ1n) is 21.9. The fraction of sp³-hybridized carbons (Fsp3) is 0.977. The molecule has 0 aromatic heterocycles. The lowest BCUT2D eigenvalue weighted by atomic mass is 10.0. The molecule has 0 fully saturated rings. The van der Waals surface area contributed by atoms with Crippen LogP contribution in [0.5, 0.6) is 0 Å². The van der Waals surface area contributed by atoms with Crippen molar-refractivity contribution in [1.82, 2.24) is 4.90 Å². The van der Waals surface area contributed by atoms with Gasteiger partial charge in [0, 0.05) is 13.0 Å². The highest BCUT2D eigenvalue weighted by molar-refractivity contribution is 5.69. The van der Waals surface area contributed by atoms with Crippen molar-refractivity contribution in [3.8, 4) is 0 Å². The van der Waals surface area contributed by atoms with Crippen LogP contribution in [-0.4, -0.2) is 63.2 Å². The molecule has 0 spiro atoms. The topological polar surface area (TPSA) is 74.0 Å². The second-order valence-electron chi connectivity index (χ2n) is 14.8. The first kappa shape index (κ1) is 48.3. The molecule has 0 aromatic rings. The van der Waals surface area contributed by atoms with Crippen molar-refractivity contribution in [3.63, 3.8) is 0 Å². The zero-order chi connectivity index (χ0) is 35.7. The molecule has 0 aliphatic carbocycles. The van der Waals surface area contributed by atoms with Crippen molar-refractivity contribution in [1.29, 1.82) is 0 Å². The van der Waals surface area contributed by atoms with Crippen molar-refractivity contribution in [2.45, 2.75) is 226 Å². The number of nitrogens with two attached hydrogens (primary N) is 1. The molecule has 0 aliphatic heterocycles. The van der Waals surface area contributed by atoms with Gasteiger partial charge < -0.3 is 24.8 Å². The van der Waals surface area contributed by atoms with E-state index < -0.39 is 0 Å². The number of hydrogen-bond donors (Lipinski definition) is 1. The summed E-state index contributed by atoms with van der Waals surface area (Å²) in [5.41, 5.74) is 5.83. The lowest BCUT2D eigenvalue weighted by molar-refractivity contribution is -0.143. The van der Waals surface area contributed by atoms with Gasteiger partial charge in [-0.3, -0.25) is 4.79 Å². The van der Waals surface area contributed by atoms with Gasteiger partial charge in [-0.1, -0.05) is 162 Å². The molecule has 6 nitrogen and oxygen atoms in total. The van der Waals surface area contributed by atoms with Crippen LogP contribution in [0, 0.1) is 0 Å². The average Bonchev–Trinajstić information content (AvgIpc) is 3.11. The minimum atomic E-state index is -0.00236. The van der Waals surface area contributed by atoms with Crippen molar-refractivity contribution in [2.24, 2.45) is 5.73 Å². The van der Waals surface area contributed by atoms with Crippen molar-refractivity contribution < 1.29 is 19.0 Å². The van der Waals surface area contributed by atoms with Gasteiger partial charge >= 0.3 is 5.97 Å². The molecule has 49 heavy (non-hydrogen) atoms. The molecule has 0 radical (unpaired) electrons. The van der Waals surface area contributed by atoms with Crippen LogP contribution in [0.25, 0.3) is 0 Å². The van der Waals surface area contributed by atoms with Crippen LogP contribution in [0.4, 0.5) is 0 Å². The monoisotopic (exact) mass is 697 g/mol. The number of esters is 1. The van der Waals surface area contributed by atoms with E-state index in [9.17, 15) is 4.79 Å². The lowest BCUT2D eigenvalue weighted by Gasteiger charge is -2.22. The van der Waals surface area contributed by atoms with E-state index in [-0.39, 0.29) is 5.97 Å². The predicted octanol–water partition coefficient (Wildman–Crippen LogP) is 12.3. The van der Waals surface area contributed by atoms with E-state index in [1.807, 2.05) is 0 Å². The van der Waals surface area contributed by atoms with Crippen LogP contribution in [0.3, 0.4) is 0 Å². The van der Waals surface area contributed by atoms with E-state index in [2.05, 4.69) is 25.7 Å². The molecule has 0 heterocycles. The Bertz CT molecular complexity index is 635. The van der Waals surface area contributed by atoms with Gasteiger partial charge in [-0.05, 0) is 77.5 Å². The van der Waals surface area contributed by atoms with E-state index in [1.54, 1.807) is 0 Å². The van der Waals surface area contributed by atoms with Crippen LogP contribution >= 0.6 is 0 Å². The fourth-order valence-electron chi connectivity index (χ4n) is 6.64. The molecule has 294 valence electrons. The largest absolute Gasteiger partial charge is 0.466 e. The molecule has 1 atom stereocenters. The van der Waals surface area contributed by atoms with E-state index in [4.69, 9.17) is 19.9 Å². The number of hydrogen-bond acceptors (Lipinski definition) is 6. The standard InChI is InChI=1S/C43H88N2O4/c1-4-7-10-13-15-23-30-40-48-43(46)34-26-19-17-21-28-37-45(38-31-35-44)36-27-20-14-16-22-29-39-47-41-49-42(32-24-12-9-6-3)33-25-18-11-8-5-2/h42H,4-41,44H2,1-3H3. The minimum Gasteiger partial charge on any atom is -0.466 e. The Morgan fingerprint density at radius 2 is 0.939 bits per heavy atom. The molecule has 0 saturated heterocycles. The fourth-order valence-corrected chi connectivity index (χ4v) is 6.64. The first-order valence-corrected chi connectivity index (χ1v) is 21.9. The highest BCUT2D eigenvalue weighted by Gasteiger charge is 2.10. The summed E-state index contributed by atoms with van der Waals surface area (Å²) in [5, 5.41) is 0. The van der Waals surface area contributed by atoms with Gasteiger partial charge in [0.1, 0.15) is 6.79 Å². The molecule has 0 saturated carbocycles. The Labute approximate surface area is 307 Å². The maximum absolute atomic E-state index is 12.0. The van der Waals surface area contributed by atoms with E-state index in [0.29, 0.717) is 25.9 Å². The molecule has 6 heteroatoms. The van der Waals surface area contributed by atoms with Crippen molar-refractivity contribution >= 4 is 5.97 Å². The van der Waals surface area contributed by atoms with Gasteiger partial charge in [0.25, 0.3) is 0 Å². The molecular weight excluding hydrogens is 608 g/mol. The average molecular weight is 697 g/mol. The molecule has 1 unspecified atom stereocenters. The van der Waals surface area contributed by atoms with Gasteiger partial charge in [0.2, 0.25) is 0 Å². The van der Waals surface area contributed by atoms with E-state index in [1.165, 1.54) is 174 Å². The summed E-state index contributed by atoms with van der Waals surface area (Å²) in [6.07, 6.45) is 38.6. The van der Waals surface area contributed by atoms with E-state index >= 15 is 0 Å². The van der Waals surface area contributed by atoms with Gasteiger partial charge in [0.05, 0.1) is 12.7 Å². The Morgan fingerprint density at radius 1 is 0.510 bits per heavy atom. The molecule has 2 N–H and O–H groups in total. The third-order valence-corrected chi connectivity index (χ3v) is 9.95. The zero-order valence-corrected chi connectivity index (χ0v) is 33.6. The maximum atomic E-state index is 12.0. The SMILES string of the molecule is CCCCCCCCCOC(=O)CCCCCCCN(CCCN)CCCCCCCCOCOC(CCCCCC)CCCCCCC. The van der Waals surface area contributed by atoms with Crippen molar-refractivity contribution in [2.75, 3.05) is 46.2 Å². The maximum Gasteiger partial charge on any atom is 0.305 e. The van der Waals surface area contributed by atoms with Crippen LogP contribution in [0.2, 0.25) is 0 Å². The third-order valence-electron chi connectivity index (χ3n) is 9.95.